The van der Waals surface area contributed by atoms with Crippen molar-refractivity contribution < 1.29 is 22.7 Å². The molecule has 0 radical (unpaired) electrons. The number of rotatable bonds is 2. The predicted octanol–water partition coefficient (Wildman–Crippen LogP) is 3.25. The van der Waals surface area contributed by atoms with Gasteiger partial charge in [-0.15, -0.1) is 0 Å². The first-order valence-electron chi connectivity index (χ1n) is 5.50. The Labute approximate surface area is 107 Å². The fraction of sp³-hybridized carbons (Fsp3) is 0.231. The molecule has 2 nitrogen and oxygen atoms in total. The largest absolute Gasteiger partial charge is 0.416 e. The second-order valence-electron chi connectivity index (χ2n) is 4.06. The molecule has 1 N–H and O–H groups in total. The van der Waals surface area contributed by atoms with Crippen LogP contribution in [0.1, 0.15) is 5.56 Å². The van der Waals surface area contributed by atoms with E-state index >= 15 is 0 Å². The summed E-state index contributed by atoms with van der Waals surface area (Å²) in [6.45, 7) is -0.708. The molecular formula is C13H11F4NO. The SMILES string of the molecule is OC1C=CC(CF)=CN1c1ccc(C(F)(F)F)cc1. The van der Waals surface area contributed by atoms with Crippen molar-refractivity contribution in [1.82, 2.24) is 0 Å². The minimum Gasteiger partial charge on any atom is -0.370 e. The van der Waals surface area contributed by atoms with Gasteiger partial charge >= 0.3 is 6.18 Å². The molecule has 1 heterocycles. The van der Waals surface area contributed by atoms with Crippen molar-refractivity contribution in [3.05, 3.63) is 53.8 Å². The van der Waals surface area contributed by atoms with Gasteiger partial charge in [-0.3, -0.25) is 0 Å². The molecule has 1 aliphatic heterocycles. The molecule has 0 spiro atoms. The number of nitrogens with zero attached hydrogens (tertiary/aromatic N) is 1. The van der Waals surface area contributed by atoms with E-state index in [0.29, 0.717) is 11.3 Å². The van der Waals surface area contributed by atoms with Gasteiger partial charge < -0.3 is 10.0 Å². The van der Waals surface area contributed by atoms with E-state index in [1.165, 1.54) is 35.4 Å². The Morgan fingerprint density at radius 2 is 1.79 bits per heavy atom. The minimum atomic E-state index is -4.40. The number of hydrogen-bond acceptors (Lipinski definition) is 2. The van der Waals surface area contributed by atoms with Crippen LogP contribution in [0.15, 0.2) is 48.2 Å². The number of allylic oxidation sites excluding steroid dienone is 2. The number of benzene rings is 1. The highest BCUT2D eigenvalue weighted by molar-refractivity contribution is 5.54. The summed E-state index contributed by atoms with van der Waals surface area (Å²) in [6, 6.07) is 4.31. The summed E-state index contributed by atoms with van der Waals surface area (Å²) >= 11 is 0. The smallest absolute Gasteiger partial charge is 0.370 e. The monoisotopic (exact) mass is 273 g/mol. The van der Waals surface area contributed by atoms with E-state index in [2.05, 4.69) is 0 Å². The van der Waals surface area contributed by atoms with E-state index in [4.69, 9.17) is 0 Å². The number of aliphatic hydroxyl groups excluding tert-OH is 1. The zero-order valence-electron chi connectivity index (χ0n) is 9.73. The number of anilines is 1. The Bertz CT molecular complexity index is 504. The van der Waals surface area contributed by atoms with Crippen LogP contribution >= 0.6 is 0 Å². The second kappa shape index (κ2) is 5.05. The highest BCUT2D eigenvalue weighted by Gasteiger charge is 2.30. The maximum Gasteiger partial charge on any atom is 0.416 e. The van der Waals surface area contributed by atoms with Crippen LogP contribution in [0.5, 0.6) is 0 Å². The molecule has 19 heavy (non-hydrogen) atoms. The van der Waals surface area contributed by atoms with Gasteiger partial charge in [0.05, 0.1) is 5.56 Å². The van der Waals surface area contributed by atoms with Crippen LogP contribution in [-0.4, -0.2) is 18.0 Å². The molecule has 1 aromatic rings. The molecule has 0 aromatic heterocycles. The summed E-state index contributed by atoms with van der Waals surface area (Å²) < 4.78 is 49.8. The average molecular weight is 273 g/mol. The molecule has 102 valence electrons. The first kappa shape index (κ1) is 13.6. The summed E-state index contributed by atoms with van der Waals surface area (Å²) in [6.07, 6.45) is -1.25. The Morgan fingerprint density at radius 1 is 1.16 bits per heavy atom. The van der Waals surface area contributed by atoms with E-state index in [1.807, 2.05) is 0 Å². The van der Waals surface area contributed by atoms with Crippen LogP contribution < -0.4 is 4.90 Å². The maximum atomic E-state index is 12.5. The zero-order chi connectivity index (χ0) is 14.0. The number of hydrogen-bond donors (Lipinski definition) is 1. The molecule has 0 amide bonds. The standard InChI is InChI=1S/C13H11F4NO/c14-7-9-1-6-12(19)18(8-9)11-4-2-10(3-5-11)13(15,16)17/h1-6,8,12,19H,7H2. The first-order chi connectivity index (χ1) is 8.91. The van der Waals surface area contributed by atoms with E-state index in [1.54, 1.807) is 0 Å². The molecule has 1 atom stereocenters. The molecule has 0 bridgehead atoms. The third-order valence-electron chi connectivity index (χ3n) is 2.72. The lowest BCUT2D eigenvalue weighted by atomic mass is 10.1. The first-order valence-corrected chi connectivity index (χ1v) is 5.50. The number of alkyl halides is 4. The molecule has 0 aliphatic carbocycles. The topological polar surface area (TPSA) is 23.5 Å². The van der Waals surface area contributed by atoms with Gasteiger partial charge in [-0.2, -0.15) is 13.2 Å². The van der Waals surface area contributed by atoms with Crippen LogP contribution in [0.25, 0.3) is 0 Å². The van der Waals surface area contributed by atoms with Crippen molar-refractivity contribution in [2.75, 3.05) is 11.6 Å². The van der Waals surface area contributed by atoms with Crippen LogP contribution in [0, 0.1) is 0 Å². The summed E-state index contributed by atoms with van der Waals surface area (Å²) in [5, 5.41) is 9.71. The van der Waals surface area contributed by atoms with Crippen LogP contribution in [0.2, 0.25) is 0 Å². The van der Waals surface area contributed by atoms with Gasteiger partial charge in [-0.05, 0) is 35.9 Å². The van der Waals surface area contributed by atoms with Gasteiger partial charge in [-0.1, -0.05) is 6.08 Å². The minimum absolute atomic E-state index is 0.338. The second-order valence-corrected chi connectivity index (χ2v) is 4.06. The van der Waals surface area contributed by atoms with Crippen LogP contribution in [0.4, 0.5) is 23.2 Å². The quantitative estimate of drug-likeness (QED) is 0.836. The fourth-order valence-corrected chi connectivity index (χ4v) is 1.73. The summed E-state index contributed by atoms with van der Waals surface area (Å²) in [5.41, 5.74) is -0.0750. The van der Waals surface area contributed by atoms with Crippen molar-refractivity contribution in [1.29, 1.82) is 0 Å². The lowest BCUT2D eigenvalue weighted by Gasteiger charge is -2.28. The summed E-state index contributed by atoms with van der Waals surface area (Å²) in [7, 11) is 0. The Kier molecular flexibility index (Phi) is 3.61. The maximum absolute atomic E-state index is 12.5. The van der Waals surface area contributed by atoms with Gasteiger partial charge in [0.25, 0.3) is 0 Å². The highest BCUT2D eigenvalue weighted by atomic mass is 19.4. The van der Waals surface area contributed by atoms with Crippen molar-refractivity contribution in [3.63, 3.8) is 0 Å². The molecule has 1 aromatic carbocycles. The van der Waals surface area contributed by atoms with Gasteiger partial charge in [0.1, 0.15) is 12.9 Å². The van der Waals surface area contributed by atoms with E-state index in [9.17, 15) is 22.7 Å². The summed E-state index contributed by atoms with van der Waals surface area (Å²) in [4.78, 5) is 1.30. The number of aliphatic hydroxyl groups is 1. The van der Waals surface area contributed by atoms with Crippen LogP contribution in [-0.2, 0) is 6.18 Å². The van der Waals surface area contributed by atoms with Gasteiger partial charge in [0.15, 0.2) is 0 Å². The van der Waals surface area contributed by atoms with Gasteiger partial charge in [0, 0.05) is 11.9 Å². The molecular weight excluding hydrogens is 262 g/mol. The van der Waals surface area contributed by atoms with Gasteiger partial charge in [0.2, 0.25) is 0 Å². The number of halogens is 4. The molecule has 0 fully saturated rings. The lowest BCUT2D eigenvalue weighted by Crippen LogP contribution is -2.31. The molecule has 1 aliphatic rings. The van der Waals surface area contributed by atoms with E-state index < -0.39 is 24.6 Å². The normalized spacial score (nSPS) is 19.5. The Balaban J connectivity index is 2.27. The van der Waals surface area contributed by atoms with Crippen molar-refractivity contribution in [2.45, 2.75) is 12.4 Å². The molecule has 0 saturated heterocycles. The van der Waals surface area contributed by atoms with Crippen molar-refractivity contribution >= 4 is 5.69 Å². The van der Waals surface area contributed by atoms with Crippen LogP contribution in [0.3, 0.4) is 0 Å². The fourth-order valence-electron chi connectivity index (χ4n) is 1.73. The highest BCUT2D eigenvalue weighted by Crippen LogP contribution is 2.31. The average Bonchev–Trinajstić information content (AvgIpc) is 2.38. The molecule has 6 heteroatoms. The van der Waals surface area contributed by atoms with E-state index in [-0.39, 0.29) is 0 Å². The molecule has 0 saturated carbocycles. The van der Waals surface area contributed by atoms with E-state index in [0.717, 1.165) is 12.1 Å². The predicted molar refractivity (Wildman–Crippen MR) is 63.1 cm³/mol. The van der Waals surface area contributed by atoms with Crippen molar-refractivity contribution in [2.24, 2.45) is 0 Å². The zero-order valence-corrected chi connectivity index (χ0v) is 9.73. The summed E-state index contributed by atoms with van der Waals surface area (Å²) in [5.74, 6) is 0. The van der Waals surface area contributed by atoms with Crippen molar-refractivity contribution in [3.8, 4) is 0 Å². The third-order valence-corrected chi connectivity index (χ3v) is 2.72. The third kappa shape index (κ3) is 2.96. The lowest BCUT2D eigenvalue weighted by molar-refractivity contribution is -0.137. The molecule has 2 rings (SSSR count). The Morgan fingerprint density at radius 3 is 2.32 bits per heavy atom. The van der Waals surface area contributed by atoms with Gasteiger partial charge in [-0.25, -0.2) is 4.39 Å². The Hall–Kier alpha value is -1.82. The molecule has 1 unspecified atom stereocenters.